The Morgan fingerprint density at radius 1 is 1.47 bits per heavy atom. The SMILES string of the molecule is N#C/C(=C/c1ccco1)C(=O)N1CCOCC1. The van der Waals surface area contributed by atoms with Crippen LogP contribution in [-0.2, 0) is 9.53 Å². The van der Waals surface area contributed by atoms with Gasteiger partial charge in [-0.15, -0.1) is 0 Å². The van der Waals surface area contributed by atoms with Crippen LogP contribution in [0.3, 0.4) is 0 Å². The summed E-state index contributed by atoms with van der Waals surface area (Å²) in [5.41, 5.74) is 0.0850. The molecule has 0 N–H and O–H groups in total. The van der Waals surface area contributed by atoms with Gasteiger partial charge in [-0.25, -0.2) is 0 Å². The summed E-state index contributed by atoms with van der Waals surface area (Å²) < 4.78 is 10.2. The van der Waals surface area contributed by atoms with Crippen LogP contribution in [0.4, 0.5) is 0 Å². The topological polar surface area (TPSA) is 66.5 Å². The Morgan fingerprint density at radius 3 is 2.82 bits per heavy atom. The van der Waals surface area contributed by atoms with Gasteiger partial charge in [0.15, 0.2) is 0 Å². The third-order valence-electron chi connectivity index (χ3n) is 2.48. The predicted octanol–water partition coefficient (Wildman–Crippen LogP) is 1.05. The molecule has 0 aliphatic carbocycles. The van der Waals surface area contributed by atoms with Crippen molar-refractivity contribution in [3.63, 3.8) is 0 Å². The standard InChI is InChI=1S/C12H12N2O3/c13-9-10(8-11-2-1-5-17-11)12(15)14-3-6-16-7-4-14/h1-2,5,8H,3-4,6-7H2/b10-8-. The highest BCUT2D eigenvalue weighted by Gasteiger charge is 2.20. The lowest BCUT2D eigenvalue weighted by Crippen LogP contribution is -2.41. The maximum atomic E-state index is 12.0. The van der Waals surface area contributed by atoms with Crippen molar-refractivity contribution >= 4 is 12.0 Å². The normalized spacial score (nSPS) is 16.6. The number of ether oxygens (including phenoxy) is 1. The maximum Gasteiger partial charge on any atom is 0.264 e. The van der Waals surface area contributed by atoms with Gasteiger partial charge in [0.25, 0.3) is 5.91 Å². The summed E-state index contributed by atoms with van der Waals surface area (Å²) in [5.74, 6) is 0.232. The first-order valence-electron chi connectivity index (χ1n) is 5.33. The molecule has 1 amide bonds. The zero-order valence-electron chi connectivity index (χ0n) is 9.26. The zero-order chi connectivity index (χ0) is 12.1. The van der Waals surface area contributed by atoms with Gasteiger partial charge in [0.2, 0.25) is 0 Å². The molecule has 1 aromatic heterocycles. The van der Waals surface area contributed by atoms with E-state index in [1.165, 1.54) is 12.3 Å². The summed E-state index contributed by atoms with van der Waals surface area (Å²) in [6, 6.07) is 5.31. The minimum Gasteiger partial charge on any atom is -0.465 e. The average molecular weight is 232 g/mol. The molecule has 17 heavy (non-hydrogen) atoms. The molecule has 1 saturated heterocycles. The van der Waals surface area contributed by atoms with E-state index in [9.17, 15) is 4.79 Å². The minimum atomic E-state index is -0.271. The van der Waals surface area contributed by atoms with E-state index in [1.54, 1.807) is 17.0 Å². The number of rotatable bonds is 2. The lowest BCUT2D eigenvalue weighted by Gasteiger charge is -2.26. The highest BCUT2D eigenvalue weighted by atomic mass is 16.5. The molecule has 5 nitrogen and oxygen atoms in total. The third kappa shape index (κ3) is 2.74. The lowest BCUT2D eigenvalue weighted by molar-refractivity contribution is -0.130. The third-order valence-corrected chi connectivity index (χ3v) is 2.48. The van der Waals surface area contributed by atoms with E-state index in [0.29, 0.717) is 32.1 Å². The Balaban J connectivity index is 2.13. The number of hydrogen-bond donors (Lipinski definition) is 0. The van der Waals surface area contributed by atoms with Crippen LogP contribution in [0.1, 0.15) is 5.76 Å². The average Bonchev–Trinajstić information content (AvgIpc) is 2.89. The number of furan rings is 1. The maximum absolute atomic E-state index is 12.0. The van der Waals surface area contributed by atoms with Crippen molar-refractivity contribution in [1.82, 2.24) is 4.90 Å². The van der Waals surface area contributed by atoms with Crippen molar-refractivity contribution in [2.24, 2.45) is 0 Å². The molecule has 1 fully saturated rings. The van der Waals surface area contributed by atoms with Gasteiger partial charge in [-0.2, -0.15) is 5.26 Å². The van der Waals surface area contributed by atoms with Crippen molar-refractivity contribution in [2.75, 3.05) is 26.3 Å². The number of nitrogens with zero attached hydrogens (tertiary/aromatic N) is 2. The number of carbonyl (C=O) groups is 1. The van der Waals surface area contributed by atoms with E-state index in [0.717, 1.165) is 0 Å². The quantitative estimate of drug-likeness (QED) is 0.564. The number of nitriles is 1. The summed E-state index contributed by atoms with van der Waals surface area (Å²) in [7, 11) is 0. The molecule has 0 unspecified atom stereocenters. The smallest absolute Gasteiger partial charge is 0.264 e. The predicted molar refractivity (Wildman–Crippen MR) is 59.7 cm³/mol. The van der Waals surface area contributed by atoms with Crippen LogP contribution in [0, 0.1) is 11.3 Å². The molecule has 1 aliphatic heterocycles. The molecule has 0 bridgehead atoms. The van der Waals surface area contributed by atoms with Gasteiger partial charge in [-0.05, 0) is 12.1 Å². The highest BCUT2D eigenvalue weighted by Crippen LogP contribution is 2.10. The summed E-state index contributed by atoms with van der Waals surface area (Å²) in [6.45, 7) is 2.09. The van der Waals surface area contributed by atoms with Gasteiger partial charge < -0.3 is 14.1 Å². The Morgan fingerprint density at radius 2 is 2.24 bits per heavy atom. The van der Waals surface area contributed by atoms with Crippen LogP contribution in [0.2, 0.25) is 0 Å². The summed E-state index contributed by atoms with van der Waals surface area (Å²) >= 11 is 0. The van der Waals surface area contributed by atoms with Crippen molar-refractivity contribution in [3.05, 3.63) is 29.7 Å². The molecule has 88 valence electrons. The summed E-state index contributed by atoms with van der Waals surface area (Å²) in [5, 5.41) is 8.99. The van der Waals surface area contributed by atoms with E-state index in [4.69, 9.17) is 14.4 Å². The van der Waals surface area contributed by atoms with E-state index >= 15 is 0 Å². The fraction of sp³-hybridized carbons (Fsp3) is 0.333. The minimum absolute atomic E-state index is 0.0850. The fourth-order valence-electron chi connectivity index (χ4n) is 1.59. The van der Waals surface area contributed by atoms with Crippen LogP contribution in [0.5, 0.6) is 0 Å². The van der Waals surface area contributed by atoms with E-state index in [2.05, 4.69) is 0 Å². The van der Waals surface area contributed by atoms with Crippen LogP contribution in [-0.4, -0.2) is 37.1 Å². The number of morpholine rings is 1. The molecule has 0 aromatic carbocycles. The second-order valence-electron chi connectivity index (χ2n) is 3.59. The Labute approximate surface area is 98.9 Å². The van der Waals surface area contributed by atoms with Crippen LogP contribution < -0.4 is 0 Å². The van der Waals surface area contributed by atoms with Gasteiger partial charge in [-0.1, -0.05) is 0 Å². The van der Waals surface area contributed by atoms with Crippen molar-refractivity contribution < 1.29 is 13.9 Å². The van der Waals surface area contributed by atoms with Crippen LogP contribution in [0.25, 0.3) is 6.08 Å². The van der Waals surface area contributed by atoms with Crippen LogP contribution >= 0.6 is 0 Å². The summed E-state index contributed by atoms with van der Waals surface area (Å²) in [6.07, 6.45) is 2.96. The molecular formula is C12H12N2O3. The van der Waals surface area contributed by atoms with Gasteiger partial charge in [-0.3, -0.25) is 4.79 Å². The van der Waals surface area contributed by atoms with E-state index in [-0.39, 0.29) is 11.5 Å². The first-order valence-corrected chi connectivity index (χ1v) is 5.33. The first-order chi connectivity index (χ1) is 8.31. The number of hydrogen-bond acceptors (Lipinski definition) is 4. The lowest BCUT2D eigenvalue weighted by atomic mass is 10.2. The van der Waals surface area contributed by atoms with Crippen molar-refractivity contribution in [2.45, 2.75) is 0 Å². The Kier molecular flexibility index (Phi) is 3.58. The second-order valence-corrected chi connectivity index (χ2v) is 3.59. The van der Waals surface area contributed by atoms with Crippen LogP contribution in [0.15, 0.2) is 28.4 Å². The first kappa shape index (κ1) is 11.4. The second kappa shape index (κ2) is 5.32. The van der Waals surface area contributed by atoms with E-state index < -0.39 is 0 Å². The molecule has 1 aliphatic rings. The number of carbonyl (C=O) groups excluding carboxylic acids is 1. The molecule has 0 radical (unpaired) electrons. The van der Waals surface area contributed by atoms with Crippen molar-refractivity contribution in [3.8, 4) is 6.07 Å². The summed E-state index contributed by atoms with van der Waals surface area (Å²) in [4.78, 5) is 13.6. The molecule has 1 aromatic rings. The fourth-order valence-corrected chi connectivity index (χ4v) is 1.59. The molecule has 0 atom stereocenters. The van der Waals surface area contributed by atoms with Gasteiger partial charge in [0, 0.05) is 19.2 Å². The molecule has 2 heterocycles. The molecular weight excluding hydrogens is 220 g/mol. The highest BCUT2D eigenvalue weighted by molar-refractivity contribution is 6.01. The Hall–Kier alpha value is -2.06. The van der Waals surface area contributed by atoms with Crippen molar-refractivity contribution in [1.29, 1.82) is 5.26 Å². The number of amides is 1. The molecule has 0 spiro atoms. The van der Waals surface area contributed by atoms with Gasteiger partial charge in [0.1, 0.15) is 17.4 Å². The monoisotopic (exact) mass is 232 g/mol. The van der Waals surface area contributed by atoms with Gasteiger partial charge in [0.05, 0.1) is 19.5 Å². The zero-order valence-corrected chi connectivity index (χ0v) is 9.26. The van der Waals surface area contributed by atoms with Gasteiger partial charge >= 0.3 is 0 Å². The Bertz CT molecular complexity index is 451. The molecule has 5 heteroatoms. The molecule has 0 saturated carbocycles. The largest absolute Gasteiger partial charge is 0.465 e. The molecule has 2 rings (SSSR count). The van der Waals surface area contributed by atoms with E-state index in [1.807, 2.05) is 6.07 Å².